The minimum absolute atomic E-state index is 0.279. The standard InChI is InChI=1S/C19H20N2O2/c1-12(2)18-14-10-16(22-3)17(23-4)11-15(14)20-19(21-18)13-8-6-5-7-9-13/h5-12H,1-4H3. The third-order valence-electron chi connectivity index (χ3n) is 3.81. The van der Waals surface area contributed by atoms with Crippen LogP contribution in [-0.2, 0) is 0 Å². The molecular weight excluding hydrogens is 288 g/mol. The summed E-state index contributed by atoms with van der Waals surface area (Å²) in [6.07, 6.45) is 0. The maximum Gasteiger partial charge on any atom is 0.162 e. The number of hydrogen-bond acceptors (Lipinski definition) is 4. The molecule has 0 aliphatic carbocycles. The monoisotopic (exact) mass is 308 g/mol. The van der Waals surface area contributed by atoms with E-state index >= 15 is 0 Å². The molecule has 0 atom stereocenters. The summed E-state index contributed by atoms with van der Waals surface area (Å²) in [4.78, 5) is 9.52. The number of ether oxygens (including phenoxy) is 2. The molecule has 0 unspecified atom stereocenters. The SMILES string of the molecule is COc1cc2nc(-c3ccccc3)nc(C(C)C)c2cc1OC. The number of benzene rings is 2. The summed E-state index contributed by atoms with van der Waals surface area (Å²) in [6.45, 7) is 4.26. The van der Waals surface area contributed by atoms with Gasteiger partial charge in [-0.25, -0.2) is 9.97 Å². The highest BCUT2D eigenvalue weighted by Gasteiger charge is 2.15. The summed E-state index contributed by atoms with van der Waals surface area (Å²) >= 11 is 0. The van der Waals surface area contributed by atoms with Gasteiger partial charge in [-0.15, -0.1) is 0 Å². The molecule has 0 spiro atoms. The molecule has 0 radical (unpaired) electrons. The van der Waals surface area contributed by atoms with E-state index in [1.165, 1.54) is 0 Å². The first kappa shape index (κ1) is 15.3. The fraction of sp³-hybridized carbons (Fsp3) is 0.263. The zero-order chi connectivity index (χ0) is 16.4. The molecule has 3 aromatic rings. The van der Waals surface area contributed by atoms with E-state index in [0.29, 0.717) is 11.5 Å². The van der Waals surface area contributed by atoms with E-state index in [1.807, 2.05) is 42.5 Å². The van der Waals surface area contributed by atoms with Gasteiger partial charge < -0.3 is 9.47 Å². The van der Waals surface area contributed by atoms with Crippen LogP contribution in [0.2, 0.25) is 0 Å². The van der Waals surface area contributed by atoms with Crippen molar-refractivity contribution in [1.82, 2.24) is 9.97 Å². The Bertz CT molecular complexity index is 830. The Hall–Kier alpha value is -2.62. The number of methoxy groups -OCH3 is 2. The van der Waals surface area contributed by atoms with Crippen molar-refractivity contribution in [3.05, 3.63) is 48.2 Å². The highest BCUT2D eigenvalue weighted by molar-refractivity contribution is 5.86. The van der Waals surface area contributed by atoms with Gasteiger partial charge in [0.05, 0.1) is 25.4 Å². The van der Waals surface area contributed by atoms with Gasteiger partial charge in [-0.1, -0.05) is 44.2 Å². The van der Waals surface area contributed by atoms with Gasteiger partial charge in [-0.2, -0.15) is 0 Å². The fourth-order valence-corrected chi connectivity index (χ4v) is 2.64. The van der Waals surface area contributed by atoms with E-state index in [0.717, 1.165) is 28.0 Å². The van der Waals surface area contributed by atoms with Crippen molar-refractivity contribution < 1.29 is 9.47 Å². The molecule has 2 aromatic carbocycles. The first-order chi connectivity index (χ1) is 11.1. The van der Waals surface area contributed by atoms with Crippen LogP contribution in [0.3, 0.4) is 0 Å². The lowest BCUT2D eigenvalue weighted by Gasteiger charge is -2.14. The lowest BCUT2D eigenvalue weighted by Crippen LogP contribution is -2.01. The number of fused-ring (bicyclic) bond motifs is 1. The molecule has 0 saturated heterocycles. The molecule has 23 heavy (non-hydrogen) atoms. The van der Waals surface area contributed by atoms with Gasteiger partial charge in [0.2, 0.25) is 0 Å². The third-order valence-corrected chi connectivity index (χ3v) is 3.81. The van der Waals surface area contributed by atoms with Crippen molar-refractivity contribution in [3.8, 4) is 22.9 Å². The number of hydrogen-bond donors (Lipinski definition) is 0. The molecule has 1 aromatic heterocycles. The van der Waals surface area contributed by atoms with Gasteiger partial charge in [0.15, 0.2) is 17.3 Å². The predicted octanol–water partition coefficient (Wildman–Crippen LogP) is 4.44. The van der Waals surface area contributed by atoms with Gasteiger partial charge >= 0.3 is 0 Å². The van der Waals surface area contributed by atoms with Gasteiger partial charge in [-0.05, 0) is 12.0 Å². The summed E-state index contributed by atoms with van der Waals surface area (Å²) in [5, 5.41) is 0.998. The lowest BCUT2D eigenvalue weighted by molar-refractivity contribution is 0.355. The average molecular weight is 308 g/mol. The van der Waals surface area contributed by atoms with Gasteiger partial charge in [-0.3, -0.25) is 0 Å². The number of nitrogens with zero attached hydrogens (tertiary/aromatic N) is 2. The molecule has 0 N–H and O–H groups in total. The summed E-state index contributed by atoms with van der Waals surface area (Å²) in [5.41, 5.74) is 2.88. The molecule has 4 heteroatoms. The van der Waals surface area contributed by atoms with Crippen LogP contribution in [-0.4, -0.2) is 24.2 Å². The maximum absolute atomic E-state index is 5.41. The van der Waals surface area contributed by atoms with Gasteiger partial charge in [0, 0.05) is 17.0 Å². The highest BCUT2D eigenvalue weighted by atomic mass is 16.5. The molecule has 3 rings (SSSR count). The Morgan fingerprint density at radius 2 is 1.52 bits per heavy atom. The van der Waals surface area contributed by atoms with Crippen LogP contribution >= 0.6 is 0 Å². The molecular formula is C19H20N2O2. The van der Waals surface area contributed by atoms with E-state index < -0.39 is 0 Å². The van der Waals surface area contributed by atoms with Crippen molar-refractivity contribution in [2.24, 2.45) is 0 Å². The first-order valence-electron chi connectivity index (χ1n) is 7.63. The van der Waals surface area contributed by atoms with Crippen molar-refractivity contribution in [2.75, 3.05) is 14.2 Å². The Morgan fingerprint density at radius 1 is 0.870 bits per heavy atom. The normalized spacial score (nSPS) is 11.0. The minimum Gasteiger partial charge on any atom is -0.493 e. The van der Waals surface area contributed by atoms with Crippen molar-refractivity contribution in [3.63, 3.8) is 0 Å². The summed E-state index contributed by atoms with van der Waals surface area (Å²) in [7, 11) is 3.27. The quantitative estimate of drug-likeness (QED) is 0.715. The Labute approximate surface area is 136 Å². The van der Waals surface area contributed by atoms with Crippen LogP contribution in [0.15, 0.2) is 42.5 Å². The van der Waals surface area contributed by atoms with Crippen molar-refractivity contribution in [2.45, 2.75) is 19.8 Å². The number of rotatable bonds is 4. The fourth-order valence-electron chi connectivity index (χ4n) is 2.64. The van der Waals surface area contributed by atoms with Crippen LogP contribution in [0.1, 0.15) is 25.5 Å². The summed E-state index contributed by atoms with van der Waals surface area (Å²) in [5.74, 6) is 2.38. The molecule has 0 aliphatic rings. The average Bonchev–Trinajstić information content (AvgIpc) is 2.60. The van der Waals surface area contributed by atoms with E-state index in [1.54, 1.807) is 14.2 Å². The molecule has 118 valence electrons. The Kier molecular flexibility index (Phi) is 4.15. The van der Waals surface area contributed by atoms with E-state index in [4.69, 9.17) is 19.4 Å². The van der Waals surface area contributed by atoms with E-state index in [2.05, 4.69) is 13.8 Å². The second-order valence-corrected chi connectivity index (χ2v) is 5.68. The molecule has 1 heterocycles. The van der Waals surface area contributed by atoms with Gasteiger partial charge in [0.1, 0.15) is 0 Å². The summed E-state index contributed by atoms with van der Waals surface area (Å²) in [6, 6.07) is 13.9. The number of aromatic nitrogens is 2. The third kappa shape index (κ3) is 2.84. The molecule has 0 fully saturated rings. The zero-order valence-electron chi connectivity index (χ0n) is 13.8. The van der Waals surface area contributed by atoms with Crippen LogP contribution < -0.4 is 9.47 Å². The van der Waals surface area contributed by atoms with Crippen molar-refractivity contribution >= 4 is 10.9 Å². The molecule has 0 bridgehead atoms. The van der Waals surface area contributed by atoms with E-state index in [9.17, 15) is 0 Å². The molecule has 0 aliphatic heterocycles. The van der Waals surface area contributed by atoms with Gasteiger partial charge in [0.25, 0.3) is 0 Å². The smallest absolute Gasteiger partial charge is 0.162 e. The maximum atomic E-state index is 5.41. The molecule has 0 saturated carbocycles. The highest BCUT2D eigenvalue weighted by Crippen LogP contribution is 2.35. The van der Waals surface area contributed by atoms with Crippen LogP contribution in [0.5, 0.6) is 11.5 Å². The molecule has 4 nitrogen and oxygen atoms in total. The van der Waals surface area contributed by atoms with Crippen molar-refractivity contribution in [1.29, 1.82) is 0 Å². The second-order valence-electron chi connectivity index (χ2n) is 5.68. The first-order valence-corrected chi connectivity index (χ1v) is 7.63. The lowest BCUT2D eigenvalue weighted by atomic mass is 10.0. The summed E-state index contributed by atoms with van der Waals surface area (Å²) < 4.78 is 10.8. The minimum atomic E-state index is 0.279. The molecule has 0 amide bonds. The Balaban J connectivity index is 2.30. The largest absolute Gasteiger partial charge is 0.493 e. The predicted molar refractivity (Wildman–Crippen MR) is 92.2 cm³/mol. The Morgan fingerprint density at radius 3 is 2.13 bits per heavy atom. The van der Waals surface area contributed by atoms with E-state index in [-0.39, 0.29) is 5.92 Å². The van der Waals surface area contributed by atoms with Crippen LogP contribution in [0.25, 0.3) is 22.3 Å². The topological polar surface area (TPSA) is 44.2 Å². The second kappa shape index (κ2) is 6.24. The zero-order valence-corrected chi connectivity index (χ0v) is 13.8. The van der Waals surface area contributed by atoms with Crippen LogP contribution in [0.4, 0.5) is 0 Å². The van der Waals surface area contributed by atoms with Crippen LogP contribution in [0, 0.1) is 0 Å².